The second-order valence-electron chi connectivity index (χ2n) is 5.14. The predicted octanol–water partition coefficient (Wildman–Crippen LogP) is 2.59. The Labute approximate surface area is 120 Å². The molecule has 0 fully saturated rings. The quantitative estimate of drug-likeness (QED) is 0.845. The van der Waals surface area contributed by atoms with Gasteiger partial charge in [-0.1, -0.05) is 26.8 Å². The Kier molecular flexibility index (Phi) is 5.30. The van der Waals surface area contributed by atoms with E-state index >= 15 is 0 Å². The van der Waals surface area contributed by atoms with Crippen LogP contribution in [-0.2, 0) is 10.0 Å². The molecule has 0 aliphatic heterocycles. The molecule has 0 amide bonds. The summed E-state index contributed by atoms with van der Waals surface area (Å²) < 4.78 is 27.4. The van der Waals surface area contributed by atoms with Crippen molar-refractivity contribution in [3.05, 3.63) is 29.3 Å². The fraction of sp³-hybridized carbons (Fsp3) is 0.500. The number of sulfonamides is 1. The molecule has 0 aromatic heterocycles. The van der Waals surface area contributed by atoms with Gasteiger partial charge in [-0.05, 0) is 37.0 Å². The molecule has 0 bridgehead atoms. The maximum Gasteiger partial charge on any atom is 0.335 e. The molecular formula is C14H21NO4S. The molecule has 20 heavy (non-hydrogen) atoms. The SMILES string of the molecule is CCC(C)NS(=O)(=O)c1cc(C(=O)O)ccc1C(C)C. The van der Waals surface area contributed by atoms with Gasteiger partial charge in [0.15, 0.2) is 0 Å². The largest absolute Gasteiger partial charge is 0.478 e. The number of aromatic carboxylic acids is 1. The lowest BCUT2D eigenvalue weighted by Gasteiger charge is -2.17. The minimum atomic E-state index is -3.72. The Hall–Kier alpha value is -1.40. The Bertz CT molecular complexity index is 593. The van der Waals surface area contributed by atoms with Gasteiger partial charge in [0.1, 0.15) is 0 Å². The average molecular weight is 299 g/mol. The molecule has 2 N–H and O–H groups in total. The summed E-state index contributed by atoms with van der Waals surface area (Å²) in [5.74, 6) is -1.15. The van der Waals surface area contributed by atoms with Crippen LogP contribution in [-0.4, -0.2) is 25.5 Å². The van der Waals surface area contributed by atoms with E-state index in [1.807, 2.05) is 20.8 Å². The molecule has 1 rings (SSSR count). The zero-order chi connectivity index (χ0) is 15.5. The van der Waals surface area contributed by atoms with E-state index in [4.69, 9.17) is 5.11 Å². The number of carboxylic acid groups (broad SMARTS) is 1. The highest BCUT2D eigenvalue weighted by molar-refractivity contribution is 7.89. The normalized spacial score (nSPS) is 13.4. The first-order valence-corrected chi connectivity index (χ1v) is 8.07. The van der Waals surface area contributed by atoms with Crippen molar-refractivity contribution in [2.75, 3.05) is 0 Å². The number of hydrogen-bond donors (Lipinski definition) is 2. The van der Waals surface area contributed by atoms with E-state index in [9.17, 15) is 13.2 Å². The number of hydrogen-bond acceptors (Lipinski definition) is 3. The molecular weight excluding hydrogens is 278 g/mol. The third kappa shape index (κ3) is 3.80. The van der Waals surface area contributed by atoms with Crippen LogP contribution in [0.2, 0.25) is 0 Å². The third-order valence-corrected chi connectivity index (χ3v) is 4.79. The zero-order valence-corrected chi connectivity index (χ0v) is 13.0. The van der Waals surface area contributed by atoms with Gasteiger partial charge in [-0.3, -0.25) is 0 Å². The van der Waals surface area contributed by atoms with Gasteiger partial charge in [0, 0.05) is 6.04 Å². The number of carbonyl (C=O) groups is 1. The fourth-order valence-corrected chi connectivity index (χ4v) is 3.51. The van der Waals surface area contributed by atoms with Gasteiger partial charge < -0.3 is 5.11 Å². The van der Waals surface area contributed by atoms with Crippen molar-refractivity contribution in [2.24, 2.45) is 0 Å². The van der Waals surface area contributed by atoms with Crippen LogP contribution in [0.3, 0.4) is 0 Å². The summed E-state index contributed by atoms with van der Waals surface area (Å²) in [6.45, 7) is 7.40. The number of carboxylic acids is 1. The highest BCUT2D eigenvalue weighted by Crippen LogP contribution is 2.25. The summed E-state index contributed by atoms with van der Waals surface area (Å²) >= 11 is 0. The van der Waals surface area contributed by atoms with Crippen LogP contribution >= 0.6 is 0 Å². The summed E-state index contributed by atoms with van der Waals surface area (Å²) in [4.78, 5) is 11.1. The maximum atomic E-state index is 12.4. The molecule has 0 saturated carbocycles. The van der Waals surface area contributed by atoms with E-state index in [0.717, 1.165) is 0 Å². The molecule has 5 nitrogen and oxygen atoms in total. The molecule has 0 spiro atoms. The monoisotopic (exact) mass is 299 g/mol. The lowest BCUT2D eigenvalue weighted by Crippen LogP contribution is -2.32. The van der Waals surface area contributed by atoms with Gasteiger partial charge in [-0.25, -0.2) is 17.9 Å². The molecule has 1 aromatic carbocycles. The van der Waals surface area contributed by atoms with Crippen molar-refractivity contribution in [1.29, 1.82) is 0 Å². The van der Waals surface area contributed by atoms with Gasteiger partial charge in [0.05, 0.1) is 10.5 Å². The third-order valence-electron chi connectivity index (χ3n) is 3.14. The van der Waals surface area contributed by atoms with E-state index in [0.29, 0.717) is 12.0 Å². The van der Waals surface area contributed by atoms with E-state index in [1.54, 1.807) is 13.0 Å². The first-order valence-electron chi connectivity index (χ1n) is 6.58. The van der Waals surface area contributed by atoms with Crippen molar-refractivity contribution in [3.63, 3.8) is 0 Å². The van der Waals surface area contributed by atoms with Crippen molar-refractivity contribution >= 4 is 16.0 Å². The van der Waals surface area contributed by atoms with Crippen LogP contribution in [0, 0.1) is 0 Å². The Morgan fingerprint density at radius 2 is 1.90 bits per heavy atom. The first-order chi connectivity index (χ1) is 9.19. The molecule has 0 aliphatic carbocycles. The van der Waals surface area contributed by atoms with Crippen molar-refractivity contribution < 1.29 is 18.3 Å². The molecule has 1 aromatic rings. The lowest BCUT2D eigenvalue weighted by molar-refractivity contribution is 0.0696. The summed E-state index contributed by atoms with van der Waals surface area (Å²) in [5.41, 5.74) is 0.588. The Balaban J connectivity index is 3.39. The number of nitrogens with one attached hydrogen (secondary N) is 1. The molecule has 0 aliphatic rings. The standard InChI is InChI=1S/C14H21NO4S/c1-5-10(4)15-20(18,19)13-8-11(14(16)17)6-7-12(13)9(2)3/h6-10,15H,5H2,1-4H3,(H,16,17). The van der Waals surface area contributed by atoms with Gasteiger partial charge in [-0.2, -0.15) is 0 Å². The highest BCUT2D eigenvalue weighted by atomic mass is 32.2. The first kappa shape index (κ1) is 16.7. The van der Waals surface area contributed by atoms with Gasteiger partial charge in [-0.15, -0.1) is 0 Å². The van der Waals surface area contributed by atoms with Crippen LogP contribution in [0.25, 0.3) is 0 Å². The van der Waals surface area contributed by atoms with Crippen molar-refractivity contribution in [2.45, 2.75) is 51.0 Å². The van der Waals surface area contributed by atoms with Crippen LogP contribution in [0.1, 0.15) is 56.0 Å². The molecule has 0 saturated heterocycles. The summed E-state index contributed by atoms with van der Waals surface area (Å²) in [6, 6.07) is 4.02. The van der Waals surface area contributed by atoms with Crippen molar-refractivity contribution in [1.82, 2.24) is 4.72 Å². The minimum absolute atomic E-state index is 0.0126. The average Bonchev–Trinajstić information content (AvgIpc) is 2.37. The highest BCUT2D eigenvalue weighted by Gasteiger charge is 2.23. The van der Waals surface area contributed by atoms with Crippen molar-refractivity contribution in [3.8, 4) is 0 Å². The van der Waals surface area contributed by atoms with E-state index in [-0.39, 0.29) is 22.4 Å². The van der Waals surface area contributed by atoms with Crippen LogP contribution in [0.5, 0.6) is 0 Å². The topological polar surface area (TPSA) is 83.5 Å². The smallest absolute Gasteiger partial charge is 0.335 e. The molecule has 1 unspecified atom stereocenters. The second kappa shape index (κ2) is 6.37. The van der Waals surface area contributed by atoms with E-state index < -0.39 is 16.0 Å². The van der Waals surface area contributed by atoms with E-state index in [1.165, 1.54) is 12.1 Å². The molecule has 1 atom stereocenters. The fourth-order valence-electron chi connectivity index (χ4n) is 1.79. The molecule has 0 heterocycles. The van der Waals surface area contributed by atoms with E-state index in [2.05, 4.69) is 4.72 Å². The summed E-state index contributed by atoms with van der Waals surface area (Å²) in [6.07, 6.45) is 0.662. The predicted molar refractivity (Wildman–Crippen MR) is 77.6 cm³/mol. The zero-order valence-electron chi connectivity index (χ0n) is 12.2. The summed E-state index contributed by atoms with van der Waals surface area (Å²) in [7, 11) is -3.72. The van der Waals surface area contributed by atoms with Gasteiger partial charge in [0.2, 0.25) is 10.0 Å². The lowest BCUT2D eigenvalue weighted by atomic mass is 10.0. The maximum absolute atomic E-state index is 12.4. The molecule has 0 radical (unpaired) electrons. The number of rotatable bonds is 6. The Morgan fingerprint density at radius 1 is 1.30 bits per heavy atom. The molecule has 6 heteroatoms. The Morgan fingerprint density at radius 3 is 2.35 bits per heavy atom. The second-order valence-corrected chi connectivity index (χ2v) is 6.83. The number of benzene rings is 1. The van der Waals surface area contributed by atoms with Crippen LogP contribution < -0.4 is 4.72 Å². The molecule has 112 valence electrons. The summed E-state index contributed by atoms with van der Waals surface area (Å²) in [5, 5.41) is 9.02. The van der Waals surface area contributed by atoms with Gasteiger partial charge >= 0.3 is 5.97 Å². The van der Waals surface area contributed by atoms with Crippen LogP contribution in [0.15, 0.2) is 23.1 Å². The van der Waals surface area contributed by atoms with Gasteiger partial charge in [0.25, 0.3) is 0 Å². The van der Waals surface area contributed by atoms with Crippen LogP contribution in [0.4, 0.5) is 0 Å². The minimum Gasteiger partial charge on any atom is -0.478 e.